The molecule has 7 nitrogen and oxygen atoms in total. The van der Waals surface area contributed by atoms with E-state index < -0.39 is 0 Å². The quantitative estimate of drug-likeness (QED) is 0.151. The Morgan fingerprint density at radius 2 is 0.613 bits per heavy atom. The topological polar surface area (TPSA) is 82.3 Å². The molecule has 75 heavy (non-hydrogen) atoms. The van der Waals surface area contributed by atoms with Gasteiger partial charge in [-0.3, -0.25) is 0 Å². The summed E-state index contributed by atoms with van der Waals surface area (Å²) in [5.74, 6) is 3.85. The Morgan fingerprint density at radius 1 is 0.253 bits per heavy atom. The summed E-state index contributed by atoms with van der Waals surface area (Å²) >= 11 is 0. The lowest BCUT2D eigenvalue weighted by Crippen LogP contribution is -2.27. The van der Waals surface area contributed by atoms with Crippen molar-refractivity contribution < 1.29 is 0 Å². The van der Waals surface area contributed by atoms with Crippen LogP contribution in [0, 0.1) is 0 Å². The first-order valence-electron chi connectivity index (χ1n) is 25.4. The van der Waals surface area contributed by atoms with E-state index in [0.717, 1.165) is 44.6 Å². The smallest absolute Gasteiger partial charge is 0.164 e. The van der Waals surface area contributed by atoms with Gasteiger partial charge in [-0.25, -0.2) is 29.9 Å². The second-order valence-corrected chi connectivity index (χ2v) is 19.4. The molecule has 0 saturated heterocycles. The number of para-hydroxylation sites is 2. The minimum Gasteiger partial charge on any atom is -0.309 e. The summed E-state index contributed by atoms with van der Waals surface area (Å²) < 4.78 is 2.36. The highest BCUT2D eigenvalue weighted by Crippen LogP contribution is 2.56. The van der Waals surface area contributed by atoms with Gasteiger partial charge < -0.3 is 4.57 Å². The van der Waals surface area contributed by atoms with E-state index >= 15 is 0 Å². The normalized spacial score (nSPS) is 14.1. The molecule has 13 aromatic rings. The predicted octanol–water partition coefficient (Wildman–Crippen LogP) is 15.8. The van der Waals surface area contributed by atoms with Gasteiger partial charge in [-0.2, -0.15) is 0 Å². The minimum atomic E-state index is 0.0111. The third-order valence-corrected chi connectivity index (χ3v) is 15.1. The molecule has 0 aliphatic heterocycles. The Balaban J connectivity index is 0.823. The van der Waals surface area contributed by atoms with E-state index in [2.05, 4.69) is 199 Å². The molecule has 0 spiro atoms. The number of hydrogen-bond donors (Lipinski definition) is 0. The van der Waals surface area contributed by atoms with Crippen LogP contribution in [0.2, 0.25) is 0 Å². The molecule has 0 fully saturated rings. The fraction of sp³-hybridized carbons (Fsp3) is 0.0294. The average Bonchev–Trinajstić information content (AvgIpc) is 3.90. The molecule has 2 bridgehead atoms. The molecular weight excluding hydrogens is 915 g/mol. The Bertz CT molecular complexity index is 4290. The van der Waals surface area contributed by atoms with Crippen LogP contribution in [0.1, 0.15) is 45.2 Å². The van der Waals surface area contributed by atoms with Crippen molar-refractivity contribution in [3.05, 3.63) is 282 Å². The lowest BCUT2D eigenvalue weighted by molar-refractivity contribution is 0.754. The van der Waals surface area contributed by atoms with Gasteiger partial charge in [0, 0.05) is 61.7 Å². The van der Waals surface area contributed by atoms with Gasteiger partial charge in [0.05, 0.1) is 11.0 Å². The summed E-state index contributed by atoms with van der Waals surface area (Å²) in [6.45, 7) is 0. The molecule has 7 heteroatoms. The van der Waals surface area contributed by atoms with Crippen molar-refractivity contribution in [2.24, 2.45) is 0 Å². The van der Waals surface area contributed by atoms with Crippen molar-refractivity contribution in [3.8, 4) is 85.1 Å². The summed E-state index contributed by atoms with van der Waals surface area (Å²) in [5, 5.41) is 2.44. The van der Waals surface area contributed by atoms with Crippen LogP contribution >= 0.6 is 0 Å². The maximum Gasteiger partial charge on any atom is 0.164 e. The summed E-state index contributed by atoms with van der Waals surface area (Å²) in [4.78, 5) is 30.8. The van der Waals surface area contributed by atoms with Crippen LogP contribution in [0.3, 0.4) is 0 Å². The van der Waals surface area contributed by atoms with Gasteiger partial charge in [0.2, 0.25) is 0 Å². The van der Waals surface area contributed by atoms with E-state index in [1.807, 2.05) is 54.6 Å². The summed E-state index contributed by atoms with van der Waals surface area (Å²) in [5.41, 5.74) is 19.2. The highest BCUT2D eigenvalue weighted by Gasteiger charge is 2.41. The highest BCUT2D eigenvalue weighted by atomic mass is 15.0. The van der Waals surface area contributed by atoms with E-state index in [-0.39, 0.29) is 11.8 Å². The number of fused-ring (bicyclic) bond motifs is 3. The van der Waals surface area contributed by atoms with Crippen molar-refractivity contribution in [1.29, 1.82) is 0 Å². The number of nitrogens with zero attached hydrogens (tertiary/aromatic N) is 7. The third-order valence-electron chi connectivity index (χ3n) is 15.1. The van der Waals surface area contributed by atoms with Gasteiger partial charge in [-0.15, -0.1) is 0 Å². The zero-order chi connectivity index (χ0) is 49.4. The minimum absolute atomic E-state index is 0.0111. The molecule has 0 saturated carbocycles. The molecule has 10 aromatic carbocycles. The first-order valence-corrected chi connectivity index (χ1v) is 25.4. The number of rotatable bonds is 8. The van der Waals surface area contributed by atoms with Crippen LogP contribution in [0.5, 0.6) is 0 Å². The Hall–Kier alpha value is -9.98. The SMILES string of the molecule is c1ccc(-c2nc(-c3ccccc3)nc(-c3ccc4c(c3)C3c5ccccc5C4c4cc(-c5nc(-c6ccccc6)nc(-c6ccc(-c7cccc8c7c7ccccc7n8-c7ccccc7)cc6)n5)ccc43)n2)cc1. The summed E-state index contributed by atoms with van der Waals surface area (Å²) in [7, 11) is 0. The molecule has 3 aliphatic rings. The lowest BCUT2D eigenvalue weighted by atomic mass is 9.61. The van der Waals surface area contributed by atoms with Gasteiger partial charge in [-0.05, 0) is 80.9 Å². The molecule has 0 amide bonds. The number of benzene rings is 10. The summed E-state index contributed by atoms with van der Waals surface area (Å²) in [6.07, 6.45) is 0. The molecule has 350 valence electrons. The van der Waals surface area contributed by atoms with E-state index in [0.29, 0.717) is 34.9 Å². The number of aromatic nitrogens is 7. The molecule has 2 atom stereocenters. The first kappa shape index (κ1) is 42.7. The largest absolute Gasteiger partial charge is 0.309 e. The second-order valence-electron chi connectivity index (χ2n) is 19.4. The fourth-order valence-corrected chi connectivity index (χ4v) is 11.7. The zero-order valence-corrected chi connectivity index (χ0v) is 40.5. The van der Waals surface area contributed by atoms with Crippen LogP contribution in [-0.4, -0.2) is 34.5 Å². The Kier molecular flexibility index (Phi) is 9.88. The lowest BCUT2D eigenvalue weighted by Gasteiger charge is -2.42. The van der Waals surface area contributed by atoms with Crippen molar-refractivity contribution in [3.63, 3.8) is 0 Å². The van der Waals surface area contributed by atoms with E-state index in [1.165, 1.54) is 60.8 Å². The van der Waals surface area contributed by atoms with E-state index in [1.54, 1.807) is 0 Å². The van der Waals surface area contributed by atoms with Gasteiger partial charge in [0.15, 0.2) is 34.9 Å². The van der Waals surface area contributed by atoms with E-state index in [9.17, 15) is 0 Å². The molecular formula is C68H43N7. The maximum atomic E-state index is 5.29. The molecule has 2 unspecified atom stereocenters. The van der Waals surface area contributed by atoms with Crippen LogP contribution in [0.25, 0.3) is 107 Å². The number of hydrogen-bond acceptors (Lipinski definition) is 6. The zero-order valence-electron chi connectivity index (χ0n) is 40.5. The summed E-state index contributed by atoms with van der Waals surface area (Å²) in [6, 6.07) is 87.6. The molecule has 0 radical (unpaired) electrons. The second kappa shape index (κ2) is 17.4. The fourth-order valence-electron chi connectivity index (χ4n) is 11.7. The van der Waals surface area contributed by atoms with Gasteiger partial charge in [0.25, 0.3) is 0 Å². The van der Waals surface area contributed by atoms with Crippen molar-refractivity contribution in [2.75, 3.05) is 0 Å². The highest BCUT2D eigenvalue weighted by molar-refractivity contribution is 6.15. The van der Waals surface area contributed by atoms with Crippen molar-refractivity contribution in [1.82, 2.24) is 34.5 Å². The monoisotopic (exact) mass is 957 g/mol. The van der Waals surface area contributed by atoms with Crippen LogP contribution in [0.4, 0.5) is 0 Å². The third kappa shape index (κ3) is 7.12. The molecule has 16 rings (SSSR count). The van der Waals surface area contributed by atoms with Gasteiger partial charge >= 0.3 is 0 Å². The van der Waals surface area contributed by atoms with Crippen molar-refractivity contribution >= 4 is 21.8 Å². The standard InChI is InChI=1S/C68H43N7/c1-5-18-43(19-6-1)63-69-64(44-20-7-2-8-21-44)72-67(71-63)47-36-38-53-56(40-47)60-51-26-13-14-27-52(51)61(53)57-41-48(37-39-54(57)60)68-73-65(45-22-9-3-10-23-45)70-66(74-68)46-34-32-42(33-35-46)50-29-17-31-59-62(50)55-28-15-16-30-58(55)75(59)49-24-11-4-12-25-49/h1-41,60-61H. The molecule has 3 aromatic heterocycles. The van der Waals surface area contributed by atoms with Crippen LogP contribution in [-0.2, 0) is 0 Å². The van der Waals surface area contributed by atoms with Gasteiger partial charge in [-0.1, -0.05) is 212 Å². The molecule has 3 aliphatic carbocycles. The first-order chi connectivity index (χ1) is 37.2. The maximum absolute atomic E-state index is 5.29. The molecule has 3 heterocycles. The molecule has 0 N–H and O–H groups in total. The van der Waals surface area contributed by atoms with Crippen LogP contribution < -0.4 is 0 Å². The van der Waals surface area contributed by atoms with Crippen LogP contribution in [0.15, 0.2) is 249 Å². The average molecular weight is 958 g/mol. The Morgan fingerprint density at radius 3 is 1.11 bits per heavy atom. The van der Waals surface area contributed by atoms with Gasteiger partial charge in [0.1, 0.15) is 0 Å². The predicted molar refractivity (Wildman–Crippen MR) is 300 cm³/mol. The van der Waals surface area contributed by atoms with E-state index in [4.69, 9.17) is 29.9 Å². The van der Waals surface area contributed by atoms with Crippen molar-refractivity contribution in [2.45, 2.75) is 11.8 Å². The Labute approximate surface area is 433 Å².